The average molecular weight is 439 g/mol. The molecule has 2 heterocycles. The van der Waals surface area contributed by atoms with E-state index in [-0.39, 0.29) is 0 Å². The number of benzene rings is 1. The Bertz CT molecular complexity index is 1360. The molecule has 0 aliphatic carbocycles. The predicted molar refractivity (Wildman–Crippen MR) is 137 cm³/mol. The van der Waals surface area contributed by atoms with Crippen LogP contribution in [-0.4, -0.2) is 21.2 Å². The van der Waals surface area contributed by atoms with Gasteiger partial charge in [-0.2, -0.15) is 5.10 Å². The van der Waals surface area contributed by atoms with E-state index in [9.17, 15) is 4.79 Å². The Balaban J connectivity index is 2.13. The molecule has 3 rings (SSSR count). The van der Waals surface area contributed by atoms with Crippen LogP contribution in [0.3, 0.4) is 0 Å². The second-order valence-electron chi connectivity index (χ2n) is 6.80. The van der Waals surface area contributed by atoms with Gasteiger partial charge < -0.3 is 10.6 Å². The third-order valence-electron chi connectivity index (χ3n) is 4.59. The number of urea groups is 1. The Hall–Kier alpha value is -4.65. The van der Waals surface area contributed by atoms with Gasteiger partial charge in [0.2, 0.25) is 0 Å². The molecule has 0 atom stereocenters. The largest absolute Gasteiger partial charge is 0.340 e. The lowest BCUT2D eigenvalue weighted by Crippen LogP contribution is -2.30. The minimum Gasteiger partial charge on any atom is -0.340 e. The average Bonchev–Trinajstić information content (AvgIpc) is 3.23. The van der Waals surface area contributed by atoms with Gasteiger partial charge in [0.1, 0.15) is 5.82 Å². The van der Waals surface area contributed by atoms with Gasteiger partial charge in [-0.3, -0.25) is 10.4 Å². The molecule has 166 valence electrons. The van der Waals surface area contributed by atoms with Crippen molar-refractivity contribution in [2.45, 2.75) is 6.92 Å². The summed E-state index contributed by atoms with van der Waals surface area (Å²) in [4.78, 5) is 17.5. The zero-order chi connectivity index (χ0) is 23.6. The minimum atomic E-state index is -0.438. The van der Waals surface area contributed by atoms with E-state index >= 15 is 0 Å². The lowest BCUT2D eigenvalue weighted by Gasteiger charge is -2.10. The van der Waals surface area contributed by atoms with Crippen LogP contribution in [0, 0.1) is 0 Å². The van der Waals surface area contributed by atoms with E-state index in [0.29, 0.717) is 33.6 Å². The summed E-state index contributed by atoms with van der Waals surface area (Å²) in [6.45, 7) is 13.1. The van der Waals surface area contributed by atoms with Crippen LogP contribution in [-0.2, 0) is 0 Å². The van der Waals surface area contributed by atoms with Crippen molar-refractivity contribution in [1.82, 2.24) is 20.5 Å². The fraction of sp³-hybridized carbons (Fsp3) is 0.0385. The lowest BCUT2D eigenvalue weighted by molar-refractivity contribution is 0.254. The van der Waals surface area contributed by atoms with E-state index in [1.807, 2.05) is 43.3 Å². The molecule has 0 unspecified atom stereocenters. The van der Waals surface area contributed by atoms with Crippen molar-refractivity contribution in [2.75, 3.05) is 10.6 Å². The van der Waals surface area contributed by atoms with Crippen LogP contribution in [0.25, 0.3) is 23.1 Å². The van der Waals surface area contributed by atoms with Gasteiger partial charge in [-0.15, -0.1) is 0 Å². The number of nitrogens with zero attached hydrogens (tertiary/aromatic N) is 2. The summed E-state index contributed by atoms with van der Waals surface area (Å²) in [5.41, 5.74) is 2.17. The zero-order valence-corrected chi connectivity index (χ0v) is 18.4. The van der Waals surface area contributed by atoms with Gasteiger partial charge in [0, 0.05) is 16.6 Å². The number of H-pyrrole nitrogens is 1. The van der Waals surface area contributed by atoms with E-state index in [1.54, 1.807) is 42.5 Å². The molecule has 0 saturated heterocycles. The Labute approximate surface area is 192 Å². The molecule has 7 nitrogen and oxygen atoms in total. The van der Waals surface area contributed by atoms with Gasteiger partial charge >= 0.3 is 6.03 Å². The summed E-state index contributed by atoms with van der Waals surface area (Å²) in [6, 6.07) is 9.20. The maximum Gasteiger partial charge on any atom is 0.324 e. The minimum absolute atomic E-state index is 0.334. The molecule has 0 spiro atoms. The quantitative estimate of drug-likeness (QED) is 0.392. The topological polar surface area (TPSA) is 94.7 Å². The van der Waals surface area contributed by atoms with E-state index in [4.69, 9.17) is 4.98 Å². The summed E-state index contributed by atoms with van der Waals surface area (Å²) in [6.07, 6.45) is 13.9. The Morgan fingerprint density at radius 2 is 1.79 bits per heavy atom. The molecule has 0 fully saturated rings. The number of carbonyl (C=O) groups excluding carboxylic acids is 1. The summed E-state index contributed by atoms with van der Waals surface area (Å²) < 4.78 is 0. The third-order valence-corrected chi connectivity index (χ3v) is 4.59. The molecule has 0 saturated carbocycles. The molecule has 2 amide bonds. The molecule has 4 N–H and O–H groups in total. The number of carbonyl (C=O) groups is 1. The van der Waals surface area contributed by atoms with Gasteiger partial charge in [-0.1, -0.05) is 74.4 Å². The van der Waals surface area contributed by atoms with Crippen molar-refractivity contribution < 1.29 is 4.79 Å². The van der Waals surface area contributed by atoms with Crippen molar-refractivity contribution in [3.05, 3.63) is 103 Å². The highest BCUT2D eigenvalue weighted by Crippen LogP contribution is 2.26. The van der Waals surface area contributed by atoms with Crippen LogP contribution in [0.15, 0.2) is 92.2 Å². The number of nitrogens with one attached hydrogen (secondary N) is 4. The molecule has 1 aromatic carbocycles. The fourth-order valence-electron chi connectivity index (χ4n) is 3.15. The van der Waals surface area contributed by atoms with Gasteiger partial charge in [-0.25, -0.2) is 9.78 Å². The number of hydrogen-bond donors (Lipinski definition) is 4. The maximum absolute atomic E-state index is 12.7. The Morgan fingerprint density at radius 3 is 2.45 bits per heavy atom. The van der Waals surface area contributed by atoms with Gasteiger partial charge in [0.05, 0.1) is 16.3 Å². The summed E-state index contributed by atoms with van der Waals surface area (Å²) in [5.74, 6) is 0.868. The first-order chi connectivity index (χ1) is 16.1. The van der Waals surface area contributed by atoms with E-state index < -0.39 is 6.03 Å². The van der Waals surface area contributed by atoms with Crippen molar-refractivity contribution >= 4 is 46.4 Å². The SMILES string of the molecule is C=C/C=C\C(=C/C)NC(=O)Nc1n[nH]c2c(=C/C=C)/c(=C\C=C)nc(Nc3ccccc3)c12. The van der Waals surface area contributed by atoms with Crippen LogP contribution in [0.4, 0.5) is 22.1 Å². The maximum atomic E-state index is 12.7. The first kappa shape index (κ1) is 23.0. The van der Waals surface area contributed by atoms with Crippen molar-refractivity contribution in [2.24, 2.45) is 0 Å². The number of rotatable bonds is 8. The van der Waals surface area contributed by atoms with Crippen LogP contribution < -0.4 is 26.5 Å². The molecule has 0 aliphatic rings. The number of hydrogen-bond acceptors (Lipinski definition) is 4. The number of pyridine rings is 1. The van der Waals surface area contributed by atoms with Gasteiger partial charge in [-0.05, 0) is 31.2 Å². The molecule has 0 aliphatic heterocycles. The number of anilines is 3. The first-order valence-corrected chi connectivity index (χ1v) is 10.3. The van der Waals surface area contributed by atoms with Crippen LogP contribution >= 0.6 is 0 Å². The Morgan fingerprint density at radius 1 is 1.03 bits per heavy atom. The number of aromatic amines is 1. The van der Waals surface area contributed by atoms with Gasteiger partial charge in [0.15, 0.2) is 5.82 Å². The molecular weight excluding hydrogens is 412 g/mol. The lowest BCUT2D eigenvalue weighted by atomic mass is 10.2. The highest BCUT2D eigenvalue weighted by Gasteiger charge is 2.17. The van der Waals surface area contributed by atoms with Crippen LogP contribution in [0.5, 0.6) is 0 Å². The van der Waals surface area contributed by atoms with Crippen LogP contribution in [0.2, 0.25) is 0 Å². The predicted octanol–water partition coefficient (Wildman–Crippen LogP) is 4.40. The standard InChI is InChI=1S/C26H26N6O/c1-5-9-15-18(8-4)28-26(33)30-25-22-23(31-32-25)20(13-6-2)21(14-7-3)29-24(22)27-19-16-11-10-12-17-19/h5-17H,1-3H2,4H3,(H,27,29)(H3,28,30,31,32,33)/b15-9-,18-8+,20-13+,21-14+. The van der Waals surface area contributed by atoms with Crippen molar-refractivity contribution in [3.8, 4) is 0 Å². The van der Waals surface area contributed by atoms with Crippen molar-refractivity contribution in [1.29, 1.82) is 0 Å². The molecule has 2 aromatic heterocycles. The van der Waals surface area contributed by atoms with E-state index in [2.05, 4.69) is 45.9 Å². The van der Waals surface area contributed by atoms with E-state index in [1.165, 1.54) is 0 Å². The molecule has 7 heteroatoms. The number of aromatic nitrogens is 3. The number of fused-ring (bicyclic) bond motifs is 1. The highest BCUT2D eigenvalue weighted by molar-refractivity contribution is 6.05. The first-order valence-electron chi connectivity index (χ1n) is 10.3. The zero-order valence-electron chi connectivity index (χ0n) is 18.4. The molecule has 0 bridgehead atoms. The van der Waals surface area contributed by atoms with Crippen molar-refractivity contribution in [3.63, 3.8) is 0 Å². The number of para-hydroxylation sites is 1. The molecular formula is C26H26N6O. The monoisotopic (exact) mass is 438 g/mol. The third kappa shape index (κ3) is 5.54. The summed E-state index contributed by atoms with van der Waals surface area (Å²) in [7, 11) is 0. The fourth-order valence-corrected chi connectivity index (χ4v) is 3.15. The smallest absolute Gasteiger partial charge is 0.324 e. The van der Waals surface area contributed by atoms with E-state index in [0.717, 1.165) is 10.9 Å². The highest BCUT2D eigenvalue weighted by atomic mass is 16.2. The normalized spacial score (nSPS) is 12.7. The molecule has 33 heavy (non-hydrogen) atoms. The molecule has 0 radical (unpaired) electrons. The molecule has 3 aromatic rings. The number of amides is 2. The summed E-state index contributed by atoms with van der Waals surface area (Å²) in [5, 5.41) is 18.4. The Kier molecular flexibility index (Phi) is 7.75. The second-order valence-corrected chi connectivity index (χ2v) is 6.80. The van der Waals surface area contributed by atoms with Crippen LogP contribution in [0.1, 0.15) is 6.92 Å². The summed E-state index contributed by atoms with van der Waals surface area (Å²) >= 11 is 0. The number of allylic oxidation sites excluding steroid dienone is 6. The second kappa shape index (κ2) is 11.1. The van der Waals surface area contributed by atoms with Gasteiger partial charge in [0.25, 0.3) is 0 Å².